The normalized spacial score (nSPS) is 10.1. The summed E-state index contributed by atoms with van der Waals surface area (Å²) in [5.41, 5.74) is 6.04. The van der Waals surface area contributed by atoms with Crippen LogP contribution in [-0.2, 0) is 4.79 Å². The molecule has 1 aromatic rings. The third-order valence-electron chi connectivity index (χ3n) is 3.06. The van der Waals surface area contributed by atoms with E-state index in [0.717, 1.165) is 19.3 Å². The van der Waals surface area contributed by atoms with Gasteiger partial charge >= 0.3 is 0 Å². The molecule has 0 aliphatic heterocycles. The van der Waals surface area contributed by atoms with Crippen molar-refractivity contribution < 1.29 is 19.0 Å². The minimum atomic E-state index is -0.0405. The van der Waals surface area contributed by atoms with Crippen LogP contribution in [0.3, 0.4) is 0 Å². The number of hydrogen-bond donors (Lipinski definition) is 2. The van der Waals surface area contributed by atoms with E-state index in [4.69, 9.17) is 19.9 Å². The molecule has 1 amide bonds. The average Bonchev–Trinajstić information content (AvgIpc) is 2.50. The molecule has 0 bridgehead atoms. The largest absolute Gasteiger partial charge is 0.493 e. The molecule has 1 rings (SSSR count). The van der Waals surface area contributed by atoms with Crippen molar-refractivity contribution >= 4 is 11.6 Å². The number of nitrogens with one attached hydrogen (secondary N) is 1. The fraction of sp³-hybridized carbons (Fsp3) is 0.533. The summed E-state index contributed by atoms with van der Waals surface area (Å²) in [6, 6.07) is 3.41. The van der Waals surface area contributed by atoms with Gasteiger partial charge < -0.3 is 25.3 Å². The first-order chi connectivity index (χ1) is 10.2. The van der Waals surface area contributed by atoms with Gasteiger partial charge in [-0.1, -0.05) is 6.42 Å². The van der Waals surface area contributed by atoms with Crippen LogP contribution >= 0.6 is 0 Å². The summed E-state index contributed by atoms with van der Waals surface area (Å²) in [7, 11) is 4.61. The lowest BCUT2D eigenvalue weighted by Crippen LogP contribution is -2.11. The first-order valence-electron chi connectivity index (χ1n) is 6.96. The molecular weight excluding hydrogens is 272 g/mol. The van der Waals surface area contributed by atoms with E-state index in [0.29, 0.717) is 35.9 Å². The molecule has 0 unspecified atom stereocenters. The Morgan fingerprint density at radius 3 is 2.14 bits per heavy atom. The van der Waals surface area contributed by atoms with Gasteiger partial charge in [0.05, 0.1) is 21.3 Å². The standard InChI is InChI=1S/C15H24N2O4/c1-19-12-9-11(10-13(20-2)15(12)21-3)17-14(18)7-5-4-6-8-16/h9-10H,4-8,16H2,1-3H3,(H,17,18). The van der Waals surface area contributed by atoms with Crippen LogP contribution in [0.1, 0.15) is 25.7 Å². The van der Waals surface area contributed by atoms with Crippen molar-refractivity contribution in [3.05, 3.63) is 12.1 Å². The minimum Gasteiger partial charge on any atom is -0.493 e. The van der Waals surface area contributed by atoms with Crippen molar-refractivity contribution in [3.8, 4) is 17.2 Å². The van der Waals surface area contributed by atoms with Gasteiger partial charge in [0.2, 0.25) is 11.7 Å². The maximum absolute atomic E-state index is 11.9. The second-order valence-electron chi connectivity index (χ2n) is 4.56. The number of rotatable bonds is 9. The van der Waals surface area contributed by atoms with Crippen LogP contribution in [-0.4, -0.2) is 33.8 Å². The Morgan fingerprint density at radius 2 is 1.67 bits per heavy atom. The van der Waals surface area contributed by atoms with Gasteiger partial charge in [-0.15, -0.1) is 0 Å². The summed E-state index contributed by atoms with van der Waals surface area (Å²) in [5.74, 6) is 1.48. The summed E-state index contributed by atoms with van der Waals surface area (Å²) in [6.07, 6.45) is 3.20. The van der Waals surface area contributed by atoms with Crippen LogP contribution in [0.15, 0.2) is 12.1 Å². The van der Waals surface area contributed by atoms with E-state index in [9.17, 15) is 4.79 Å². The van der Waals surface area contributed by atoms with Crippen molar-refractivity contribution in [1.29, 1.82) is 0 Å². The number of carbonyl (C=O) groups is 1. The van der Waals surface area contributed by atoms with Crippen LogP contribution in [0.2, 0.25) is 0 Å². The number of unbranched alkanes of at least 4 members (excludes halogenated alkanes) is 2. The number of benzene rings is 1. The molecule has 0 saturated carbocycles. The molecule has 0 atom stereocenters. The highest BCUT2D eigenvalue weighted by Gasteiger charge is 2.14. The lowest BCUT2D eigenvalue weighted by atomic mass is 10.2. The van der Waals surface area contributed by atoms with Gasteiger partial charge in [0, 0.05) is 24.2 Å². The highest BCUT2D eigenvalue weighted by Crippen LogP contribution is 2.39. The molecule has 21 heavy (non-hydrogen) atoms. The number of amides is 1. The predicted molar refractivity (Wildman–Crippen MR) is 82.3 cm³/mol. The summed E-state index contributed by atoms with van der Waals surface area (Å²) < 4.78 is 15.7. The number of carbonyl (C=O) groups excluding carboxylic acids is 1. The molecule has 118 valence electrons. The third-order valence-corrected chi connectivity index (χ3v) is 3.06. The van der Waals surface area contributed by atoms with E-state index in [1.165, 1.54) is 21.3 Å². The molecule has 0 radical (unpaired) electrons. The Morgan fingerprint density at radius 1 is 1.05 bits per heavy atom. The highest BCUT2D eigenvalue weighted by atomic mass is 16.5. The SMILES string of the molecule is COc1cc(NC(=O)CCCCCN)cc(OC)c1OC. The smallest absolute Gasteiger partial charge is 0.224 e. The first-order valence-corrected chi connectivity index (χ1v) is 6.96. The maximum atomic E-state index is 11.9. The third kappa shape index (κ3) is 5.15. The molecule has 3 N–H and O–H groups in total. The molecule has 0 aromatic heterocycles. The maximum Gasteiger partial charge on any atom is 0.224 e. The average molecular weight is 296 g/mol. The van der Waals surface area contributed by atoms with Gasteiger partial charge in [0.1, 0.15) is 0 Å². The summed E-state index contributed by atoms with van der Waals surface area (Å²) in [5, 5.41) is 2.83. The van der Waals surface area contributed by atoms with Gasteiger partial charge in [-0.2, -0.15) is 0 Å². The van der Waals surface area contributed by atoms with E-state index < -0.39 is 0 Å². The Bertz CT molecular complexity index is 438. The van der Waals surface area contributed by atoms with E-state index in [1.807, 2.05) is 0 Å². The van der Waals surface area contributed by atoms with Crippen molar-refractivity contribution in [2.45, 2.75) is 25.7 Å². The van der Waals surface area contributed by atoms with Crippen LogP contribution in [0, 0.1) is 0 Å². The number of nitrogens with two attached hydrogens (primary N) is 1. The molecule has 0 aliphatic rings. The molecular formula is C15H24N2O4. The van der Waals surface area contributed by atoms with E-state index in [1.54, 1.807) is 12.1 Å². The van der Waals surface area contributed by atoms with Crippen LogP contribution in [0.25, 0.3) is 0 Å². The molecule has 1 aromatic carbocycles. The second kappa shape index (κ2) is 9.07. The van der Waals surface area contributed by atoms with E-state index in [2.05, 4.69) is 5.32 Å². The molecule has 0 spiro atoms. The fourth-order valence-electron chi connectivity index (χ4n) is 1.98. The highest BCUT2D eigenvalue weighted by molar-refractivity contribution is 5.91. The van der Waals surface area contributed by atoms with Crippen LogP contribution < -0.4 is 25.3 Å². The molecule has 0 heterocycles. The van der Waals surface area contributed by atoms with Crippen molar-refractivity contribution in [1.82, 2.24) is 0 Å². The van der Waals surface area contributed by atoms with Crippen LogP contribution in [0.4, 0.5) is 5.69 Å². The number of anilines is 1. The van der Waals surface area contributed by atoms with Crippen LogP contribution in [0.5, 0.6) is 17.2 Å². The molecule has 6 heteroatoms. The van der Waals surface area contributed by atoms with Crippen molar-refractivity contribution in [3.63, 3.8) is 0 Å². The predicted octanol–water partition coefficient (Wildman–Crippen LogP) is 2.17. The van der Waals surface area contributed by atoms with E-state index in [-0.39, 0.29) is 5.91 Å². The number of ether oxygens (including phenoxy) is 3. The Labute approximate surface area is 125 Å². The zero-order valence-corrected chi connectivity index (χ0v) is 12.9. The topological polar surface area (TPSA) is 82.8 Å². The zero-order chi connectivity index (χ0) is 15.7. The van der Waals surface area contributed by atoms with Gasteiger partial charge in [0.25, 0.3) is 0 Å². The zero-order valence-electron chi connectivity index (χ0n) is 12.9. The van der Waals surface area contributed by atoms with Gasteiger partial charge in [0.15, 0.2) is 11.5 Å². The quantitative estimate of drug-likeness (QED) is 0.682. The molecule has 0 fully saturated rings. The van der Waals surface area contributed by atoms with Gasteiger partial charge in [-0.3, -0.25) is 4.79 Å². The van der Waals surface area contributed by atoms with Crippen molar-refractivity contribution in [2.24, 2.45) is 5.73 Å². The van der Waals surface area contributed by atoms with E-state index >= 15 is 0 Å². The Hall–Kier alpha value is -1.95. The fourth-order valence-corrected chi connectivity index (χ4v) is 1.98. The van der Waals surface area contributed by atoms with Crippen molar-refractivity contribution in [2.75, 3.05) is 33.2 Å². The first kappa shape index (κ1) is 17.1. The number of methoxy groups -OCH3 is 3. The summed E-state index contributed by atoms with van der Waals surface area (Å²) >= 11 is 0. The second-order valence-corrected chi connectivity index (χ2v) is 4.56. The molecule has 0 saturated heterocycles. The Kier molecular flexibility index (Phi) is 7.39. The molecule has 6 nitrogen and oxygen atoms in total. The Balaban J connectivity index is 2.72. The lowest BCUT2D eigenvalue weighted by molar-refractivity contribution is -0.116. The summed E-state index contributed by atoms with van der Waals surface area (Å²) in [4.78, 5) is 11.9. The monoisotopic (exact) mass is 296 g/mol. The molecule has 0 aliphatic carbocycles. The summed E-state index contributed by atoms with van der Waals surface area (Å²) in [6.45, 7) is 0.661. The number of hydrogen-bond acceptors (Lipinski definition) is 5. The minimum absolute atomic E-state index is 0.0405. The van der Waals surface area contributed by atoms with Gasteiger partial charge in [-0.25, -0.2) is 0 Å². The lowest BCUT2D eigenvalue weighted by Gasteiger charge is -2.14. The van der Waals surface area contributed by atoms with Gasteiger partial charge in [-0.05, 0) is 19.4 Å².